The first kappa shape index (κ1) is 10.6. The van der Waals surface area contributed by atoms with Crippen molar-refractivity contribution in [1.29, 1.82) is 0 Å². The summed E-state index contributed by atoms with van der Waals surface area (Å²) >= 11 is 5.77. The van der Waals surface area contributed by atoms with E-state index < -0.39 is 0 Å². The molecule has 16 heavy (non-hydrogen) atoms. The first-order chi connectivity index (χ1) is 7.77. The minimum Gasteiger partial charge on any atom is -0.506 e. The van der Waals surface area contributed by atoms with E-state index in [0.717, 1.165) is 0 Å². The Bertz CT molecular complexity index is 512. The molecule has 0 bridgehead atoms. The van der Waals surface area contributed by atoms with Gasteiger partial charge in [-0.25, -0.2) is 9.98 Å². The molecule has 0 atom stereocenters. The molecule has 0 spiro atoms. The number of benzene rings is 1. The average Bonchev–Trinajstić information content (AvgIpc) is 2.32. The molecule has 2 aromatic rings. The first-order valence-electron chi connectivity index (χ1n) is 4.70. The zero-order valence-electron chi connectivity index (χ0n) is 8.34. The maximum atomic E-state index is 9.63. The van der Waals surface area contributed by atoms with Crippen molar-refractivity contribution in [3.63, 3.8) is 0 Å². The SMILES string of the molecule is Oc1c(Cl)cccc1/C=N/c1ccccn1. The number of hydrogen-bond donors (Lipinski definition) is 1. The van der Waals surface area contributed by atoms with Gasteiger partial charge in [0, 0.05) is 18.0 Å². The molecule has 0 saturated carbocycles. The molecule has 2 rings (SSSR count). The van der Waals surface area contributed by atoms with E-state index in [4.69, 9.17) is 11.6 Å². The summed E-state index contributed by atoms with van der Waals surface area (Å²) in [5, 5.41) is 9.94. The Morgan fingerprint density at radius 2 is 2.06 bits per heavy atom. The molecule has 0 radical (unpaired) electrons. The third kappa shape index (κ3) is 2.38. The van der Waals surface area contributed by atoms with Crippen LogP contribution in [0.4, 0.5) is 5.82 Å². The second-order valence-corrected chi connectivity index (χ2v) is 3.53. The number of pyridine rings is 1. The van der Waals surface area contributed by atoms with Crippen LogP contribution in [0.25, 0.3) is 0 Å². The normalized spacial score (nSPS) is 10.8. The molecule has 0 fully saturated rings. The van der Waals surface area contributed by atoms with Crippen molar-refractivity contribution < 1.29 is 5.11 Å². The summed E-state index contributed by atoms with van der Waals surface area (Å²) in [6.07, 6.45) is 3.19. The molecule has 0 saturated heterocycles. The molecule has 1 aromatic carbocycles. The maximum Gasteiger partial charge on any atom is 0.151 e. The molecule has 1 heterocycles. The van der Waals surface area contributed by atoms with Crippen LogP contribution in [0.3, 0.4) is 0 Å². The van der Waals surface area contributed by atoms with Gasteiger partial charge >= 0.3 is 0 Å². The molecule has 0 unspecified atom stereocenters. The zero-order chi connectivity index (χ0) is 11.4. The van der Waals surface area contributed by atoms with Crippen molar-refractivity contribution in [2.75, 3.05) is 0 Å². The van der Waals surface area contributed by atoms with E-state index in [1.54, 1.807) is 30.5 Å². The molecule has 0 aliphatic heterocycles. The number of hydrogen-bond acceptors (Lipinski definition) is 3. The van der Waals surface area contributed by atoms with Crippen LogP contribution in [0.1, 0.15) is 5.56 Å². The van der Waals surface area contributed by atoms with Gasteiger partial charge in [-0.1, -0.05) is 23.7 Å². The summed E-state index contributed by atoms with van der Waals surface area (Å²) in [6, 6.07) is 10.5. The Hall–Kier alpha value is -1.87. The number of aromatic hydroxyl groups is 1. The van der Waals surface area contributed by atoms with Gasteiger partial charge in [0.25, 0.3) is 0 Å². The molecule has 3 nitrogen and oxygen atoms in total. The fourth-order valence-electron chi connectivity index (χ4n) is 1.20. The highest BCUT2D eigenvalue weighted by Gasteiger charge is 2.01. The average molecular weight is 233 g/mol. The van der Waals surface area contributed by atoms with Crippen LogP contribution in [0.5, 0.6) is 5.75 Å². The summed E-state index contributed by atoms with van der Waals surface area (Å²) in [6.45, 7) is 0. The van der Waals surface area contributed by atoms with Crippen LogP contribution < -0.4 is 0 Å². The molecule has 0 amide bonds. The van der Waals surface area contributed by atoms with Gasteiger partial charge in [-0.2, -0.15) is 0 Å². The molecular formula is C12H9ClN2O. The predicted octanol–water partition coefficient (Wildman–Crippen LogP) is 3.19. The van der Waals surface area contributed by atoms with Gasteiger partial charge in [0.1, 0.15) is 5.75 Å². The second-order valence-electron chi connectivity index (χ2n) is 3.12. The standard InChI is InChI=1S/C12H9ClN2O/c13-10-5-3-4-9(12(10)16)8-15-11-6-1-2-7-14-11/h1-8,16H/b15-8+. The van der Waals surface area contributed by atoms with Gasteiger partial charge in [0.2, 0.25) is 0 Å². The van der Waals surface area contributed by atoms with E-state index in [-0.39, 0.29) is 5.75 Å². The van der Waals surface area contributed by atoms with Crippen molar-refractivity contribution >= 4 is 23.6 Å². The number of aromatic nitrogens is 1. The van der Waals surface area contributed by atoms with Crippen LogP contribution in [-0.4, -0.2) is 16.3 Å². The van der Waals surface area contributed by atoms with Crippen molar-refractivity contribution in [3.8, 4) is 5.75 Å². The number of aliphatic imine (C=N–C) groups is 1. The van der Waals surface area contributed by atoms with Crippen molar-refractivity contribution in [3.05, 3.63) is 53.2 Å². The van der Waals surface area contributed by atoms with E-state index >= 15 is 0 Å². The lowest BCUT2D eigenvalue weighted by atomic mass is 10.2. The number of nitrogens with zero attached hydrogens (tertiary/aromatic N) is 2. The van der Waals surface area contributed by atoms with Crippen molar-refractivity contribution in [1.82, 2.24) is 4.98 Å². The second kappa shape index (κ2) is 4.77. The molecule has 0 aliphatic rings. The summed E-state index contributed by atoms with van der Waals surface area (Å²) in [5.41, 5.74) is 0.568. The fourth-order valence-corrected chi connectivity index (χ4v) is 1.38. The fraction of sp³-hybridized carbons (Fsp3) is 0. The Labute approximate surface area is 98.1 Å². The van der Waals surface area contributed by atoms with Gasteiger partial charge in [-0.15, -0.1) is 0 Å². The molecule has 1 aromatic heterocycles. The van der Waals surface area contributed by atoms with Crippen LogP contribution in [0, 0.1) is 0 Å². The van der Waals surface area contributed by atoms with Crippen LogP contribution in [0.2, 0.25) is 5.02 Å². The van der Waals surface area contributed by atoms with Crippen molar-refractivity contribution in [2.24, 2.45) is 4.99 Å². The summed E-state index contributed by atoms with van der Waals surface area (Å²) in [4.78, 5) is 8.16. The number of para-hydroxylation sites is 1. The lowest BCUT2D eigenvalue weighted by Crippen LogP contribution is -1.83. The lowest BCUT2D eigenvalue weighted by molar-refractivity contribution is 0.475. The van der Waals surface area contributed by atoms with Gasteiger partial charge in [0.05, 0.1) is 5.02 Å². The summed E-state index contributed by atoms with van der Waals surface area (Å²) in [7, 11) is 0. The third-order valence-corrected chi connectivity index (χ3v) is 2.31. The number of halogens is 1. The topological polar surface area (TPSA) is 45.5 Å². The minimum atomic E-state index is 0.0313. The Balaban J connectivity index is 2.28. The summed E-state index contributed by atoms with van der Waals surface area (Å²) in [5.74, 6) is 0.616. The van der Waals surface area contributed by atoms with Gasteiger partial charge < -0.3 is 5.11 Å². The highest BCUT2D eigenvalue weighted by atomic mass is 35.5. The Kier molecular flexibility index (Phi) is 3.17. The lowest BCUT2D eigenvalue weighted by Gasteiger charge is -1.99. The number of phenolic OH excluding ortho intramolecular Hbond substituents is 1. The monoisotopic (exact) mass is 232 g/mol. The highest BCUT2D eigenvalue weighted by Crippen LogP contribution is 2.25. The van der Waals surface area contributed by atoms with Crippen LogP contribution >= 0.6 is 11.6 Å². The molecular weight excluding hydrogens is 224 g/mol. The smallest absolute Gasteiger partial charge is 0.151 e. The molecule has 1 N–H and O–H groups in total. The van der Waals surface area contributed by atoms with E-state index in [1.807, 2.05) is 12.1 Å². The van der Waals surface area contributed by atoms with Crippen LogP contribution in [0.15, 0.2) is 47.6 Å². The van der Waals surface area contributed by atoms with Gasteiger partial charge in [-0.3, -0.25) is 0 Å². The molecule has 80 valence electrons. The summed E-state index contributed by atoms with van der Waals surface area (Å²) < 4.78 is 0. The number of rotatable bonds is 2. The van der Waals surface area contributed by atoms with Gasteiger partial charge in [-0.05, 0) is 24.3 Å². The molecule has 0 aliphatic carbocycles. The first-order valence-corrected chi connectivity index (χ1v) is 5.08. The quantitative estimate of drug-likeness (QED) is 0.809. The van der Waals surface area contributed by atoms with Crippen LogP contribution in [-0.2, 0) is 0 Å². The van der Waals surface area contributed by atoms with E-state index in [1.165, 1.54) is 6.21 Å². The Morgan fingerprint density at radius 3 is 2.81 bits per heavy atom. The van der Waals surface area contributed by atoms with E-state index in [9.17, 15) is 5.11 Å². The molecule has 4 heteroatoms. The predicted molar refractivity (Wildman–Crippen MR) is 64.6 cm³/mol. The zero-order valence-corrected chi connectivity index (χ0v) is 9.09. The van der Waals surface area contributed by atoms with Crippen molar-refractivity contribution in [2.45, 2.75) is 0 Å². The third-order valence-electron chi connectivity index (χ3n) is 2.00. The maximum absolute atomic E-state index is 9.63. The van der Waals surface area contributed by atoms with E-state index in [2.05, 4.69) is 9.98 Å². The Morgan fingerprint density at radius 1 is 1.19 bits per heavy atom. The van der Waals surface area contributed by atoms with E-state index in [0.29, 0.717) is 16.4 Å². The number of phenols is 1. The van der Waals surface area contributed by atoms with Gasteiger partial charge in [0.15, 0.2) is 5.82 Å². The minimum absolute atomic E-state index is 0.0313. The largest absolute Gasteiger partial charge is 0.506 e. The highest BCUT2D eigenvalue weighted by molar-refractivity contribution is 6.32.